The van der Waals surface area contributed by atoms with Gasteiger partial charge in [0.2, 0.25) is 5.01 Å². The van der Waals surface area contributed by atoms with Gasteiger partial charge in [-0.2, -0.15) is 0 Å². The van der Waals surface area contributed by atoms with E-state index in [2.05, 4.69) is 20.8 Å². The summed E-state index contributed by atoms with van der Waals surface area (Å²) in [6.45, 7) is 0.198. The lowest BCUT2D eigenvalue weighted by molar-refractivity contribution is 0.0949. The minimum absolute atomic E-state index is 0.138. The van der Waals surface area contributed by atoms with Gasteiger partial charge in [-0.05, 0) is 55.3 Å². The van der Waals surface area contributed by atoms with Crippen LogP contribution in [-0.2, 0) is 6.61 Å². The molecule has 1 aliphatic rings. The van der Waals surface area contributed by atoms with Crippen LogP contribution in [0.4, 0.5) is 5.69 Å². The minimum Gasteiger partial charge on any atom is -0.486 e. The minimum atomic E-state index is -0.389. The molecule has 0 spiro atoms. The van der Waals surface area contributed by atoms with Gasteiger partial charge in [-0.15, -0.1) is 10.2 Å². The normalized spacial score (nSPS) is 13.0. The number of ether oxygens (including phenoxy) is 1. The Bertz CT molecular complexity index is 1030. The van der Waals surface area contributed by atoms with Gasteiger partial charge in [0.05, 0.1) is 0 Å². The number of nitrogens with zero attached hydrogens (tertiary/aromatic N) is 2. The molecule has 7 nitrogen and oxygen atoms in total. The van der Waals surface area contributed by atoms with Gasteiger partial charge in [-0.1, -0.05) is 29.0 Å². The predicted octanol–water partition coefficient (Wildman–Crippen LogP) is 3.92. The highest BCUT2D eigenvalue weighted by Gasteiger charge is 2.24. The van der Waals surface area contributed by atoms with E-state index in [4.69, 9.17) is 16.3 Å². The number of carbonyl (C=O) groups excluding carboxylic acids is 2. The van der Waals surface area contributed by atoms with Crippen LogP contribution in [0.1, 0.15) is 38.0 Å². The molecule has 29 heavy (non-hydrogen) atoms. The lowest BCUT2D eigenvalue weighted by Gasteiger charge is -2.06. The molecule has 9 heteroatoms. The Morgan fingerprint density at radius 2 is 1.90 bits per heavy atom. The largest absolute Gasteiger partial charge is 0.486 e. The quantitative estimate of drug-likeness (QED) is 0.595. The number of aromatic nitrogens is 2. The van der Waals surface area contributed by atoms with Crippen molar-refractivity contribution in [1.29, 1.82) is 0 Å². The summed E-state index contributed by atoms with van der Waals surface area (Å²) >= 11 is 6.99. The maximum atomic E-state index is 12.4. The molecule has 0 unspecified atom stereocenters. The number of anilines is 1. The Balaban J connectivity index is 1.35. The molecule has 1 aliphatic carbocycles. The average molecular weight is 429 g/mol. The maximum absolute atomic E-state index is 12.4. The summed E-state index contributed by atoms with van der Waals surface area (Å²) in [5.74, 6) is 0.123. The molecule has 0 bridgehead atoms. The number of benzene rings is 2. The first-order valence-electron chi connectivity index (χ1n) is 9.00. The zero-order chi connectivity index (χ0) is 20.2. The number of rotatable bonds is 7. The summed E-state index contributed by atoms with van der Waals surface area (Å²) in [6.07, 6.45) is 2.03. The lowest BCUT2D eigenvalue weighted by atomic mass is 10.2. The van der Waals surface area contributed by atoms with Crippen molar-refractivity contribution in [2.75, 3.05) is 5.32 Å². The third-order valence-electron chi connectivity index (χ3n) is 4.13. The van der Waals surface area contributed by atoms with Gasteiger partial charge in [0.25, 0.3) is 11.8 Å². The lowest BCUT2D eigenvalue weighted by Crippen LogP contribution is -2.25. The molecule has 0 radical (unpaired) electrons. The summed E-state index contributed by atoms with van der Waals surface area (Å²) in [5, 5.41) is 15.0. The highest BCUT2D eigenvalue weighted by molar-refractivity contribution is 7.13. The first kappa shape index (κ1) is 19.4. The highest BCUT2D eigenvalue weighted by atomic mass is 35.5. The zero-order valence-corrected chi connectivity index (χ0v) is 16.8. The van der Waals surface area contributed by atoms with Gasteiger partial charge in [0.15, 0.2) is 5.01 Å². The molecule has 1 heterocycles. The zero-order valence-electron chi connectivity index (χ0n) is 15.2. The molecule has 2 N–H and O–H groups in total. The van der Waals surface area contributed by atoms with Crippen LogP contribution in [-0.4, -0.2) is 28.1 Å². The van der Waals surface area contributed by atoms with Crippen molar-refractivity contribution >= 4 is 40.4 Å². The number of halogens is 1. The van der Waals surface area contributed by atoms with Crippen LogP contribution in [0.2, 0.25) is 5.02 Å². The van der Waals surface area contributed by atoms with Crippen LogP contribution in [0.3, 0.4) is 0 Å². The first-order valence-corrected chi connectivity index (χ1v) is 10.2. The summed E-state index contributed by atoms with van der Waals surface area (Å²) in [7, 11) is 0. The number of carbonyl (C=O) groups is 2. The molecule has 0 aliphatic heterocycles. The van der Waals surface area contributed by atoms with Crippen LogP contribution in [0, 0.1) is 0 Å². The van der Waals surface area contributed by atoms with Crippen LogP contribution in [0.25, 0.3) is 0 Å². The first-order chi connectivity index (χ1) is 14.1. The van der Waals surface area contributed by atoms with E-state index in [9.17, 15) is 9.59 Å². The molecule has 148 valence electrons. The van der Waals surface area contributed by atoms with E-state index < -0.39 is 0 Å². The van der Waals surface area contributed by atoms with E-state index >= 15 is 0 Å². The van der Waals surface area contributed by atoms with Gasteiger partial charge in [-0.3, -0.25) is 9.59 Å². The van der Waals surface area contributed by atoms with Crippen LogP contribution in [0.15, 0.2) is 48.5 Å². The fourth-order valence-electron chi connectivity index (χ4n) is 2.50. The van der Waals surface area contributed by atoms with Gasteiger partial charge in [0, 0.05) is 22.3 Å². The Morgan fingerprint density at radius 1 is 1.10 bits per heavy atom. The molecule has 2 amide bonds. The topological polar surface area (TPSA) is 93.2 Å². The van der Waals surface area contributed by atoms with Gasteiger partial charge >= 0.3 is 0 Å². The van der Waals surface area contributed by atoms with Crippen molar-refractivity contribution in [3.8, 4) is 5.75 Å². The van der Waals surface area contributed by atoms with E-state index in [-0.39, 0.29) is 29.5 Å². The summed E-state index contributed by atoms with van der Waals surface area (Å²) in [6, 6.07) is 14.0. The number of amides is 2. The van der Waals surface area contributed by atoms with Gasteiger partial charge in [-0.25, -0.2) is 0 Å². The van der Waals surface area contributed by atoms with Crippen molar-refractivity contribution < 1.29 is 14.3 Å². The summed E-state index contributed by atoms with van der Waals surface area (Å²) < 4.78 is 5.61. The van der Waals surface area contributed by atoms with E-state index in [0.29, 0.717) is 27.0 Å². The Hall–Kier alpha value is -2.97. The SMILES string of the molecule is O=C(NC1CC1)c1cccc(NC(=O)c2nnc(COc3ccc(Cl)cc3)s2)c1. The van der Waals surface area contributed by atoms with Crippen LogP contribution in [0.5, 0.6) is 5.75 Å². The highest BCUT2D eigenvalue weighted by Crippen LogP contribution is 2.21. The van der Waals surface area contributed by atoms with Crippen molar-refractivity contribution in [2.24, 2.45) is 0 Å². The van der Waals surface area contributed by atoms with Crippen molar-refractivity contribution in [3.05, 3.63) is 69.1 Å². The fraction of sp³-hybridized carbons (Fsp3) is 0.200. The molecular formula is C20H17ClN4O3S. The van der Waals surface area contributed by atoms with E-state index in [1.807, 2.05) is 0 Å². The van der Waals surface area contributed by atoms with E-state index in [1.165, 1.54) is 0 Å². The van der Waals surface area contributed by atoms with Crippen molar-refractivity contribution in [3.63, 3.8) is 0 Å². The predicted molar refractivity (Wildman–Crippen MR) is 111 cm³/mol. The third-order valence-corrected chi connectivity index (χ3v) is 5.28. The molecule has 2 aromatic carbocycles. The maximum Gasteiger partial charge on any atom is 0.286 e. The van der Waals surface area contributed by atoms with Gasteiger partial charge < -0.3 is 15.4 Å². The van der Waals surface area contributed by atoms with E-state index in [0.717, 1.165) is 24.2 Å². The average Bonchev–Trinajstić information content (AvgIpc) is 3.40. The third kappa shape index (κ3) is 5.30. The van der Waals surface area contributed by atoms with Gasteiger partial charge in [0.1, 0.15) is 12.4 Å². The molecule has 1 saturated carbocycles. The summed E-state index contributed by atoms with van der Waals surface area (Å²) in [5.41, 5.74) is 1.02. The Labute approximate surface area is 176 Å². The number of hydrogen-bond donors (Lipinski definition) is 2. The molecular weight excluding hydrogens is 412 g/mol. The van der Waals surface area contributed by atoms with Crippen LogP contribution >= 0.6 is 22.9 Å². The second-order valence-corrected chi connectivity index (χ2v) is 8.02. The standard InChI is InChI=1S/C20H17ClN4O3S/c21-13-4-8-16(9-5-13)28-11-17-24-25-20(29-17)19(27)23-15-3-1-2-12(10-15)18(26)22-14-6-7-14/h1-5,8-10,14H,6-7,11H2,(H,22,26)(H,23,27). The molecule has 0 atom stereocenters. The van der Waals surface area contributed by atoms with Crippen molar-refractivity contribution in [2.45, 2.75) is 25.5 Å². The second-order valence-electron chi connectivity index (χ2n) is 6.53. The monoisotopic (exact) mass is 428 g/mol. The molecule has 3 aromatic rings. The smallest absolute Gasteiger partial charge is 0.286 e. The number of nitrogens with one attached hydrogen (secondary N) is 2. The van der Waals surface area contributed by atoms with Crippen LogP contribution < -0.4 is 15.4 Å². The molecule has 0 saturated heterocycles. The Kier molecular flexibility index (Phi) is 5.73. The summed E-state index contributed by atoms with van der Waals surface area (Å²) in [4.78, 5) is 24.6. The second kappa shape index (κ2) is 8.59. The number of hydrogen-bond acceptors (Lipinski definition) is 6. The van der Waals surface area contributed by atoms with Crippen molar-refractivity contribution in [1.82, 2.24) is 15.5 Å². The van der Waals surface area contributed by atoms with E-state index in [1.54, 1.807) is 48.5 Å². The Morgan fingerprint density at radius 3 is 2.66 bits per heavy atom. The molecule has 1 fully saturated rings. The fourth-order valence-corrected chi connectivity index (χ4v) is 3.27. The molecule has 1 aromatic heterocycles. The molecule has 4 rings (SSSR count).